The topological polar surface area (TPSA) is 102 Å². The molecule has 0 spiro atoms. The number of hydrogen-bond acceptors (Lipinski definition) is 5. The second-order valence-corrected chi connectivity index (χ2v) is 8.73. The normalized spacial score (nSPS) is 14.6. The molecular weight excluding hydrogens is 497 g/mol. The van der Waals surface area contributed by atoms with E-state index in [2.05, 4.69) is 15.0 Å². The van der Waals surface area contributed by atoms with E-state index >= 15 is 0 Å². The SMILES string of the molecule is NC(=O)C1CCN(C(=O)c2cc(CCc3ccc(F)cc3F)nc(-c3cncc(C(F)(F)F)c3)n2)CC1. The van der Waals surface area contributed by atoms with Gasteiger partial charge in [0.2, 0.25) is 5.91 Å². The number of likely N-dealkylation sites (tertiary alicyclic amines) is 1. The molecule has 37 heavy (non-hydrogen) atoms. The van der Waals surface area contributed by atoms with Gasteiger partial charge in [-0.15, -0.1) is 0 Å². The molecule has 3 heterocycles. The Morgan fingerprint density at radius 2 is 1.73 bits per heavy atom. The summed E-state index contributed by atoms with van der Waals surface area (Å²) in [5.41, 5.74) is 4.73. The van der Waals surface area contributed by atoms with Crippen LogP contribution < -0.4 is 5.73 Å². The average Bonchev–Trinajstić information content (AvgIpc) is 2.87. The smallest absolute Gasteiger partial charge is 0.369 e. The van der Waals surface area contributed by atoms with Gasteiger partial charge in [0.1, 0.15) is 17.3 Å². The Hall–Kier alpha value is -3.96. The Bertz CT molecular complexity index is 1320. The van der Waals surface area contributed by atoms with Gasteiger partial charge in [-0.2, -0.15) is 13.2 Å². The molecule has 12 heteroatoms. The number of piperidine rings is 1. The Morgan fingerprint density at radius 3 is 2.38 bits per heavy atom. The number of alkyl halides is 3. The first-order valence-corrected chi connectivity index (χ1v) is 11.4. The zero-order chi connectivity index (χ0) is 26.7. The van der Waals surface area contributed by atoms with E-state index in [0.29, 0.717) is 19.0 Å². The van der Waals surface area contributed by atoms with Gasteiger partial charge in [0.05, 0.1) is 5.56 Å². The van der Waals surface area contributed by atoms with E-state index in [0.717, 1.165) is 24.4 Å². The average molecular weight is 519 g/mol. The molecule has 1 aliphatic rings. The van der Waals surface area contributed by atoms with Crippen LogP contribution in [0.4, 0.5) is 22.0 Å². The molecule has 3 aromatic rings. The summed E-state index contributed by atoms with van der Waals surface area (Å²) in [6.45, 7) is 0.514. The molecule has 1 aromatic carbocycles. The number of halogens is 5. The number of nitrogens with zero attached hydrogens (tertiary/aromatic N) is 4. The minimum absolute atomic E-state index is 0.0499. The van der Waals surface area contributed by atoms with Crippen molar-refractivity contribution in [1.29, 1.82) is 0 Å². The zero-order valence-electron chi connectivity index (χ0n) is 19.4. The number of pyridine rings is 1. The first-order valence-electron chi connectivity index (χ1n) is 11.4. The third-order valence-corrected chi connectivity index (χ3v) is 6.17. The molecule has 1 saturated heterocycles. The van der Waals surface area contributed by atoms with E-state index in [9.17, 15) is 31.5 Å². The maximum absolute atomic E-state index is 14.1. The third-order valence-electron chi connectivity index (χ3n) is 6.17. The van der Waals surface area contributed by atoms with Crippen LogP contribution in [0.1, 0.15) is 40.2 Å². The summed E-state index contributed by atoms with van der Waals surface area (Å²) in [7, 11) is 0. The Labute approximate surface area is 208 Å². The van der Waals surface area contributed by atoms with Gasteiger partial charge >= 0.3 is 6.18 Å². The van der Waals surface area contributed by atoms with Crippen molar-refractivity contribution in [1.82, 2.24) is 19.9 Å². The summed E-state index contributed by atoms with van der Waals surface area (Å²) in [4.78, 5) is 38.3. The minimum atomic E-state index is -4.65. The van der Waals surface area contributed by atoms with Gasteiger partial charge in [-0.1, -0.05) is 6.07 Å². The molecule has 0 atom stereocenters. The summed E-state index contributed by atoms with van der Waals surface area (Å²) in [5, 5.41) is 0. The molecular formula is C25H22F5N5O2. The quantitative estimate of drug-likeness (QED) is 0.497. The molecule has 2 N–H and O–H groups in total. The van der Waals surface area contributed by atoms with Crippen LogP contribution in [0.2, 0.25) is 0 Å². The summed E-state index contributed by atoms with van der Waals surface area (Å²) < 4.78 is 67.1. The number of primary amides is 1. The molecule has 194 valence electrons. The van der Waals surface area contributed by atoms with Crippen LogP contribution in [-0.4, -0.2) is 44.8 Å². The van der Waals surface area contributed by atoms with Crippen molar-refractivity contribution >= 4 is 11.8 Å². The zero-order valence-corrected chi connectivity index (χ0v) is 19.4. The fraction of sp³-hybridized carbons (Fsp3) is 0.320. The number of carbonyl (C=O) groups excluding carboxylic acids is 2. The molecule has 0 saturated carbocycles. The number of nitrogens with two attached hydrogens (primary N) is 1. The highest BCUT2D eigenvalue weighted by Crippen LogP contribution is 2.31. The highest BCUT2D eigenvalue weighted by atomic mass is 19.4. The van der Waals surface area contributed by atoms with Crippen LogP contribution in [0.5, 0.6) is 0 Å². The van der Waals surface area contributed by atoms with Crippen LogP contribution in [0.15, 0.2) is 42.7 Å². The number of carbonyl (C=O) groups is 2. The Kier molecular flexibility index (Phi) is 7.46. The number of amides is 2. The van der Waals surface area contributed by atoms with Gasteiger partial charge in [-0.25, -0.2) is 18.7 Å². The monoisotopic (exact) mass is 519 g/mol. The van der Waals surface area contributed by atoms with Crippen LogP contribution >= 0.6 is 0 Å². The predicted molar refractivity (Wildman–Crippen MR) is 122 cm³/mol. The van der Waals surface area contributed by atoms with Crippen LogP contribution in [0, 0.1) is 17.6 Å². The van der Waals surface area contributed by atoms with Crippen molar-refractivity contribution in [3.63, 3.8) is 0 Å². The third kappa shape index (κ3) is 6.25. The first-order chi connectivity index (χ1) is 17.5. The van der Waals surface area contributed by atoms with Crippen molar-refractivity contribution < 1.29 is 31.5 Å². The van der Waals surface area contributed by atoms with E-state index in [1.54, 1.807) is 0 Å². The number of hydrogen-bond donors (Lipinski definition) is 1. The summed E-state index contributed by atoms with van der Waals surface area (Å²) in [6.07, 6.45) is -1.86. The van der Waals surface area contributed by atoms with Gasteiger partial charge in [0.25, 0.3) is 5.91 Å². The van der Waals surface area contributed by atoms with E-state index in [-0.39, 0.29) is 60.2 Å². The highest BCUT2D eigenvalue weighted by Gasteiger charge is 2.32. The maximum atomic E-state index is 14.1. The fourth-order valence-corrected chi connectivity index (χ4v) is 4.10. The molecule has 0 radical (unpaired) electrons. The van der Waals surface area contributed by atoms with Crippen molar-refractivity contribution in [2.24, 2.45) is 11.7 Å². The molecule has 0 unspecified atom stereocenters. The van der Waals surface area contributed by atoms with E-state index in [1.165, 1.54) is 17.0 Å². The number of aromatic nitrogens is 3. The molecule has 7 nitrogen and oxygen atoms in total. The maximum Gasteiger partial charge on any atom is 0.417 e. The lowest BCUT2D eigenvalue weighted by molar-refractivity contribution is -0.137. The lowest BCUT2D eigenvalue weighted by Gasteiger charge is -2.30. The molecule has 0 aliphatic carbocycles. The van der Waals surface area contributed by atoms with Gasteiger partial charge in [0, 0.05) is 48.7 Å². The van der Waals surface area contributed by atoms with Crippen LogP contribution in [-0.2, 0) is 23.8 Å². The predicted octanol–water partition coefficient (Wildman–Crippen LogP) is 3.96. The van der Waals surface area contributed by atoms with Crippen molar-refractivity contribution in [3.05, 3.63) is 76.9 Å². The van der Waals surface area contributed by atoms with Crippen LogP contribution in [0.3, 0.4) is 0 Å². The molecule has 1 aliphatic heterocycles. The van der Waals surface area contributed by atoms with Gasteiger partial charge in [-0.05, 0) is 49.4 Å². The molecule has 1 fully saturated rings. The highest BCUT2D eigenvalue weighted by molar-refractivity contribution is 5.93. The molecule has 4 rings (SSSR count). The number of benzene rings is 1. The first kappa shape index (κ1) is 26.1. The largest absolute Gasteiger partial charge is 0.417 e. The van der Waals surface area contributed by atoms with Crippen molar-refractivity contribution in [3.8, 4) is 11.4 Å². The fourth-order valence-electron chi connectivity index (χ4n) is 4.10. The Balaban J connectivity index is 1.66. The number of rotatable bonds is 6. The summed E-state index contributed by atoms with van der Waals surface area (Å²) >= 11 is 0. The van der Waals surface area contributed by atoms with E-state index in [1.807, 2.05) is 0 Å². The lowest BCUT2D eigenvalue weighted by Crippen LogP contribution is -2.42. The van der Waals surface area contributed by atoms with Gasteiger partial charge < -0.3 is 10.6 Å². The molecule has 2 aromatic heterocycles. The standard InChI is InChI=1S/C25H22F5N5O2/c26-18-3-1-14(20(27)10-18)2-4-19-11-21(24(37)35-7-5-15(6-8-35)22(31)36)34-23(33-19)16-9-17(13-32-12-16)25(28,29)30/h1,3,9-13,15H,2,4-8H2,(H2,31,36). The summed E-state index contributed by atoms with van der Waals surface area (Å²) in [5.74, 6) is -2.89. The Morgan fingerprint density at radius 1 is 1.00 bits per heavy atom. The molecule has 0 bridgehead atoms. The lowest BCUT2D eigenvalue weighted by atomic mass is 9.96. The van der Waals surface area contributed by atoms with Gasteiger partial charge in [0.15, 0.2) is 5.82 Å². The molecule has 2 amide bonds. The minimum Gasteiger partial charge on any atom is -0.369 e. The number of aryl methyl sites for hydroxylation is 2. The van der Waals surface area contributed by atoms with Crippen molar-refractivity contribution in [2.75, 3.05) is 13.1 Å². The summed E-state index contributed by atoms with van der Waals surface area (Å²) in [6, 6.07) is 5.38. The van der Waals surface area contributed by atoms with Gasteiger partial charge in [-0.3, -0.25) is 14.6 Å². The second kappa shape index (κ2) is 10.6. The van der Waals surface area contributed by atoms with Crippen LogP contribution in [0.25, 0.3) is 11.4 Å². The second-order valence-electron chi connectivity index (χ2n) is 8.73. The van der Waals surface area contributed by atoms with Crippen molar-refractivity contribution in [2.45, 2.75) is 31.9 Å². The van der Waals surface area contributed by atoms with E-state index < -0.39 is 35.2 Å². The van der Waals surface area contributed by atoms with E-state index in [4.69, 9.17) is 5.73 Å².